The van der Waals surface area contributed by atoms with Crippen molar-refractivity contribution < 1.29 is 19.4 Å². The van der Waals surface area contributed by atoms with E-state index in [0.29, 0.717) is 55.5 Å². The molecule has 9 heteroatoms. The fraction of sp³-hybridized carbons (Fsp3) is 0.696. The normalized spacial score (nSPS) is 31.1. The van der Waals surface area contributed by atoms with Crippen molar-refractivity contribution in [2.75, 3.05) is 26.9 Å². The zero-order valence-corrected chi connectivity index (χ0v) is 18.7. The molecule has 0 spiro atoms. The maximum absolute atomic E-state index is 13.4. The van der Waals surface area contributed by atoms with Gasteiger partial charge in [0.05, 0.1) is 38.2 Å². The lowest BCUT2D eigenvalue weighted by Gasteiger charge is -2.33. The van der Waals surface area contributed by atoms with Crippen molar-refractivity contribution in [3.8, 4) is 5.82 Å². The third-order valence-electron chi connectivity index (χ3n) is 7.54. The fourth-order valence-electron chi connectivity index (χ4n) is 6.28. The Morgan fingerprint density at radius 3 is 2.97 bits per heavy atom. The molecule has 0 aliphatic heterocycles. The highest BCUT2D eigenvalue weighted by atomic mass is 16.5. The molecular weight excluding hydrogens is 410 g/mol. The van der Waals surface area contributed by atoms with E-state index in [1.807, 2.05) is 12.3 Å². The summed E-state index contributed by atoms with van der Waals surface area (Å²) in [5.41, 5.74) is -0.0106. The number of hydrogen-bond acceptors (Lipinski definition) is 6. The highest BCUT2D eigenvalue weighted by Gasteiger charge is 2.53. The van der Waals surface area contributed by atoms with Crippen molar-refractivity contribution in [1.29, 1.82) is 0 Å². The third kappa shape index (κ3) is 4.21. The van der Waals surface area contributed by atoms with Crippen molar-refractivity contribution in [3.05, 3.63) is 30.2 Å². The van der Waals surface area contributed by atoms with E-state index in [4.69, 9.17) is 9.47 Å². The van der Waals surface area contributed by atoms with E-state index < -0.39 is 5.60 Å². The molecule has 5 rings (SSSR count). The van der Waals surface area contributed by atoms with Crippen LogP contribution >= 0.6 is 0 Å². The summed E-state index contributed by atoms with van der Waals surface area (Å²) >= 11 is 0. The number of aliphatic hydroxyl groups is 1. The smallest absolute Gasteiger partial charge is 0.256 e. The van der Waals surface area contributed by atoms with Gasteiger partial charge in [0.15, 0.2) is 5.82 Å². The molecule has 3 bridgehead atoms. The molecule has 32 heavy (non-hydrogen) atoms. The Hall–Kier alpha value is -2.23. The number of carbonyl (C=O) groups is 1. The van der Waals surface area contributed by atoms with Crippen molar-refractivity contribution in [3.63, 3.8) is 0 Å². The predicted molar refractivity (Wildman–Crippen MR) is 116 cm³/mol. The summed E-state index contributed by atoms with van der Waals surface area (Å²) in [5.74, 6) is 1.98. The van der Waals surface area contributed by atoms with Gasteiger partial charge >= 0.3 is 0 Å². The first-order chi connectivity index (χ1) is 15.6. The second-order valence-electron chi connectivity index (χ2n) is 9.68. The molecule has 2 heterocycles. The molecule has 0 radical (unpaired) electrons. The zero-order chi connectivity index (χ0) is 22.1. The number of methoxy groups -OCH3 is 1. The molecule has 9 nitrogen and oxygen atoms in total. The van der Waals surface area contributed by atoms with E-state index in [-0.39, 0.29) is 11.9 Å². The summed E-state index contributed by atoms with van der Waals surface area (Å²) in [4.78, 5) is 13.4. The van der Waals surface area contributed by atoms with Gasteiger partial charge in [-0.1, -0.05) is 0 Å². The second-order valence-corrected chi connectivity index (χ2v) is 9.68. The van der Waals surface area contributed by atoms with Crippen molar-refractivity contribution in [1.82, 2.24) is 24.9 Å². The van der Waals surface area contributed by atoms with Gasteiger partial charge in [0.2, 0.25) is 0 Å². The largest absolute Gasteiger partial charge is 0.390 e. The molecule has 3 saturated carbocycles. The number of nitrogens with zero attached hydrogens (tertiary/aromatic N) is 4. The summed E-state index contributed by atoms with van der Waals surface area (Å²) in [7, 11) is 1.64. The van der Waals surface area contributed by atoms with E-state index in [1.54, 1.807) is 28.9 Å². The molecule has 0 aromatic carbocycles. The van der Waals surface area contributed by atoms with E-state index in [9.17, 15) is 9.90 Å². The number of fused-ring (bicyclic) bond motifs is 2. The number of amides is 1. The van der Waals surface area contributed by atoms with Gasteiger partial charge in [-0.15, -0.1) is 0 Å². The highest BCUT2D eigenvalue weighted by Crippen LogP contribution is 2.55. The molecule has 1 amide bonds. The summed E-state index contributed by atoms with van der Waals surface area (Å²) in [6.07, 6.45) is 11.0. The van der Waals surface area contributed by atoms with Gasteiger partial charge in [-0.3, -0.25) is 4.79 Å². The quantitative estimate of drug-likeness (QED) is 0.573. The lowest BCUT2D eigenvalue weighted by molar-refractivity contribution is -0.00594. The summed E-state index contributed by atoms with van der Waals surface area (Å²) in [5, 5.41) is 23.1. The number of hydrogen-bond donors (Lipinski definition) is 2. The van der Waals surface area contributed by atoms with Gasteiger partial charge in [-0.25, -0.2) is 9.36 Å². The molecule has 174 valence electrons. The molecule has 3 unspecified atom stereocenters. The molecule has 2 aromatic heterocycles. The third-order valence-corrected chi connectivity index (χ3v) is 7.54. The average Bonchev–Trinajstić information content (AvgIpc) is 3.46. The summed E-state index contributed by atoms with van der Waals surface area (Å²) in [6, 6.07) is 1.92. The van der Waals surface area contributed by atoms with Crippen LogP contribution in [-0.2, 0) is 16.0 Å². The van der Waals surface area contributed by atoms with Crippen LogP contribution in [0.15, 0.2) is 24.7 Å². The van der Waals surface area contributed by atoms with E-state index in [0.717, 1.165) is 32.1 Å². The minimum atomic E-state index is -0.518. The van der Waals surface area contributed by atoms with Crippen LogP contribution in [-0.4, -0.2) is 69.1 Å². The van der Waals surface area contributed by atoms with Crippen LogP contribution in [0.1, 0.15) is 48.9 Å². The SMILES string of the molecule is COCCOCCn1ncc(C(=O)N[C@H]2CCC3CC4C[C@@](O)(C3)CC42)c1-n1cccn1. The minimum Gasteiger partial charge on any atom is -0.390 e. The minimum absolute atomic E-state index is 0.0954. The molecule has 2 aromatic rings. The Balaban J connectivity index is 1.32. The van der Waals surface area contributed by atoms with Crippen LogP contribution in [0.4, 0.5) is 0 Å². The van der Waals surface area contributed by atoms with Crippen LogP contribution in [0.5, 0.6) is 0 Å². The van der Waals surface area contributed by atoms with Crippen LogP contribution in [0.2, 0.25) is 0 Å². The Morgan fingerprint density at radius 2 is 2.16 bits per heavy atom. The molecule has 5 atom stereocenters. The van der Waals surface area contributed by atoms with Gasteiger partial charge in [0.25, 0.3) is 5.91 Å². The number of rotatable bonds is 9. The van der Waals surface area contributed by atoms with Gasteiger partial charge in [0, 0.05) is 25.5 Å². The molecule has 3 fully saturated rings. The standard InChI is InChI=1S/C23H33N5O4/c1-31-9-10-32-8-7-28-22(27-6-2-5-24-27)19(15-25-28)21(29)26-20-4-3-16-11-17-13-23(30,12-16)14-18(17)20/h2,5-6,15-18,20,30H,3-4,7-14H2,1H3,(H,26,29)/t16?,17?,18?,20-,23-/m0/s1. The number of nitrogens with one attached hydrogen (secondary N) is 1. The maximum Gasteiger partial charge on any atom is 0.256 e. The summed E-state index contributed by atoms with van der Waals surface area (Å²) < 4.78 is 14.0. The van der Waals surface area contributed by atoms with Crippen molar-refractivity contribution >= 4 is 5.91 Å². The molecule has 3 aliphatic rings. The first kappa shape index (κ1) is 21.6. The topological polar surface area (TPSA) is 103 Å². The van der Waals surface area contributed by atoms with Crippen LogP contribution in [0.3, 0.4) is 0 Å². The van der Waals surface area contributed by atoms with Gasteiger partial charge in [0.1, 0.15) is 5.56 Å². The Labute approximate surface area is 188 Å². The zero-order valence-electron chi connectivity index (χ0n) is 18.7. The summed E-state index contributed by atoms with van der Waals surface area (Å²) in [6.45, 7) is 2.03. The molecule has 2 N–H and O–H groups in total. The molecule has 0 saturated heterocycles. The Morgan fingerprint density at radius 1 is 1.25 bits per heavy atom. The molecular formula is C23H33N5O4. The lowest BCUT2D eigenvalue weighted by Crippen LogP contribution is -2.42. The number of aromatic nitrogens is 4. The van der Waals surface area contributed by atoms with Crippen LogP contribution in [0, 0.1) is 17.8 Å². The second kappa shape index (κ2) is 8.96. The first-order valence-corrected chi connectivity index (χ1v) is 11.7. The Kier molecular flexibility index (Phi) is 6.05. The predicted octanol–water partition coefficient (Wildman–Crippen LogP) is 1.79. The first-order valence-electron chi connectivity index (χ1n) is 11.7. The number of carbonyl (C=O) groups excluding carboxylic acids is 1. The van der Waals surface area contributed by atoms with Crippen molar-refractivity contribution in [2.24, 2.45) is 17.8 Å². The molecule has 3 aliphatic carbocycles. The van der Waals surface area contributed by atoms with E-state index >= 15 is 0 Å². The van der Waals surface area contributed by atoms with E-state index in [1.165, 1.54) is 6.42 Å². The number of ether oxygens (including phenoxy) is 2. The van der Waals surface area contributed by atoms with Crippen molar-refractivity contribution in [2.45, 2.75) is 56.7 Å². The Bertz CT molecular complexity index is 929. The van der Waals surface area contributed by atoms with Gasteiger partial charge in [-0.05, 0) is 62.3 Å². The monoisotopic (exact) mass is 443 g/mol. The highest BCUT2D eigenvalue weighted by molar-refractivity contribution is 5.97. The average molecular weight is 444 g/mol. The van der Waals surface area contributed by atoms with E-state index in [2.05, 4.69) is 15.5 Å². The van der Waals surface area contributed by atoms with Gasteiger partial charge in [-0.2, -0.15) is 10.2 Å². The van der Waals surface area contributed by atoms with Crippen LogP contribution < -0.4 is 5.32 Å². The van der Waals surface area contributed by atoms with Gasteiger partial charge < -0.3 is 19.9 Å². The fourth-order valence-corrected chi connectivity index (χ4v) is 6.28. The van der Waals surface area contributed by atoms with Crippen LogP contribution in [0.25, 0.3) is 5.82 Å². The lowest BCUT2D eigenvalue weighted by atomic mass is 9.77. The maximum atomic E-state index is 13.4.